The van der Waals surface area contributed by atoms with Gasteiger partial charge in [-0.2, -0.15) is 0 Å². The normalized spacial score (nSPS) is 10.8. The minimum absolute atomic E-state index is 0.0901. The predicted octanol–water partition coefficient (Wildman–Crippen LogP) is 5.24. The van der Waals surface area contributed by atoms with Crippen LogP contribution in [0.4, 0.5) is 10.1 Å². The van der Waals surface area contributed by atoms with Crippen LogP contribution in [0.5, 0.6) is 5.75 Å². The summed E-state index contributed by atoms with van der Waals surface area (Å²) in [5, 5.41) is 3.42. The molecule has 0 atom stereocenters. The van der Waals surface area contributed by atoms with Gasteiger partial charge in [0, 0.05) is 24.1 Å². The number of benzene rings is 3. The first-order valence-corrected chi connectivity index (χ1v) is 10.5. The van der Waals surface area contributed by atoms with Crippen LogP contribution in [0.3, 0.4) is 0 Å². The molecular weight excluding hydrogens is 407 g/mol. The number of rotatable bonds is 7. The van der Waals surface area contributed by atoms with Crippen molar-refractivity contribution in [3.63, 3.8) is 0 Å². The number of aryl methyl sites for hydroxylation is 1. The fraction of sp³-hybridized carbons (Fsp3) is 0.154. The molecule has 1 heterocycles. The van der Waals surface area contributed by atoms with Gasteiger partial charge in [0.2, 0.25) is 0 Å². The second-order valence-electron chi connectivity index (χ2n) is 7.41. The van der Waals surface area contributed by atoms with E-state index in [1.807, 2.05) is 43.3 Å². The molecule has 1 N–H and O–H groups in total. The van der Waals surface area contributed by atoms with Crippen LogP contribution in [0, 0.1) is 5.82 Å². The molecule has 0 spiro atoms. The molecule has 0 aliphatic carbocycles. The molecule has 0 saturated carbocycles. The summed E-state index contributed by atoms with van der Waals surface area (Å²) in [6.07, 6.45) is 0.801. The fourth-order valence-electron chi connectivity index (χ4n) is 3.66. The highest BCUT2D eigenvalue weighted by molar-refractivity contribution is 5.95. The topological polar surface area (TPSA) is 60.3 Å². The van der Waals surface area contributed by atoms with Gasteiger partial charge in [-0.3, -0.25) is 9.59 Å². The molecule has 3 aromatic carbocycles. The van der Waals surface area contributed by atoms with E-state index in [9.17, 15) is 14.0 Å². The summed E-state index contributed by atoms with van der Waals surface area (Å²) in [7, 11) is 0. The van der Waals surface area contributed by atoms with Crippen LogP contribution in [0.2, 0.25) is 0 Å². The molecule has 0 radical (unpaired) electrons. The molecule has 0 bridgehead atoms. The highest BCUT2D eigenvalue weighted by Gasteiger charge is 2.13. The van der Waals surface area contributed by atoms with Gasteiger partial charge in [0.25, 0.3) is 11.5 Å². The van der Waals surface area contributed by atoms with Gasteiger partial charge in [0.15, 0.2) is 6.61 Å². The second kappa shape index (κ2) is 9.47. The smallest absolute Gasteiger partial charge is 0.262 e. The van der Waals surface area contributed by atoms with Crippen molar-refractivity contribution < 1.29 is 13.9 Å². The van der Waals surface area contributed by atoms with Gasteiger partial charge >= 0.3 is 0 Å². The maximum absolute atomic E-state index is 13.7. The molecule has 4 rings (SSSR count). The SMILES string of the molecule is CCCn1c(=O)cc(-c2ccccc2)c2ccc(OCC(=O)Nc3ccccc3F)cc21. The van der Waals surface area contributed by atoms with Crippen molar-refractivity contribution in [1.29, 1.82) is 0 Å². The number of para-hydroxylation sites is 1. The lowest BCUT2D eigenvalue weighted by Gasteiger charge is -2.15. The molecule has 32 heavy (non-hydrogen) atoms. The first-order chi connectivity index (χ1) is 15.6. The van der Waals surface area contributed by atoms with Crippen molar-refractivity contribution >= 4 is 22.5 Å². The first-order valence-electron chi connectivity index (χ1n) is 10.5. The second-order valence-corrected chi connectivity index (χ2v) is 7.41. The summed E-state index contributed by atoms with van der Waals surface area (Å²) in [4.78, 5) is 25.1. The quantitative estimate of drug-likeness (QED) is 0.436. The van der Waals surface area contributed by atoms with E-state index < -0.39 is 11.7 Å². The third-order valence-electron chi connectivity index (χ3n) is 5.13. The Morgan fingerprint density at radius 3 is 2.50 bits per heavy atom. The monoisotopic (exact) mass is 430 g/mol. The van der Waals surface area contributed by atoms with Crippen molar-refractivity contribution in [1.82, 2.24) is 4.57 Å². The van der Waals surface area contributed by atoms with Crippen LogP contribution in [-0.4, -0.2) is 17.1 Å². The summed E-state index contributed by atoms with van der Waals surface area (Å²) < 4.78 is 21.1. The minimum Gasteiger partial charge on any atom is -0.484 e. The van der Waals surface area contributed by atoms with Crippen LogP contribution in [0.15, 0.2) is 83.7 Å². The molecule has 6 heteroatoms. The van der Waals surface area contributed by atoms with Crippen LogP contribution in [-0.2, 0) is 11.3 Å². The number of hydrogen-bond donors (Lipinski definition) is 1. The molecule has 0 saturated heterocycles. The third-order valence-corrected chi connectivity index (χ3v) is 5.13. The standard InChI is InChI=1S/C26H23FN2O3/c1-2-14-29-24-15-19(32-17-25(30)28-23-11-7-6-10-22(23)27)12-13-20(24)21(16-26(29)31)18-8-4-3-5-9-18/h3-13,15-16H,2,14,17H2,1H3,(H,28,30). The van der Waals surface area contributed by atoms with Gasteiger partial charge in [-0.15, -0.1) is 0 Å². The van der Waals surface area contributed by atoms with E-state index in [0.717, 1.165) is 28.5 Å². The fourth-order valence-corrected chi connectivity index (χ4v) is 3.66. The Morgan fingerprint density at radius 1 is 1.00 bits per heavy atom. The summed E-state index contributed by atoms with van der Waals surface area (Å²) >= 11 is 0. The lowest BCUT2D eigenvalue weighted by Crippen LogP contribution is -2.21. The van der Waals surface area contributed by atoms with Gasteiger partial charge in [0.1, 0.15) is 11.6 Å². The van der Waals surface area contributed by atoms with E-state index in [1.54, 1.807) is 34.9 Å². The number of fused-ring (bicyclic) bond motifs is 1. The summed E-state index contributed by atoms with van der Waals surface area (Å²) in [6.45, 7) is 2.30. The van der Waals surface area contributed by atoms with E-state index in [0.29, 0.717) is 12.3 Å². The molecule has 0 fully saturated rings. The van der Waals surface area contributed by atoms with Gasteiger partial charge in [-0.25, -0.2) is 4.39 Å². The maximum atomic E-state index is 13.7. The summed E-state index contributed by atoms with van der Waals surface area (Å²) in [5.74, 6) is -0.529. The zero-order chi connectivity index (χ0) is 22.5. The molecule has 1 amide bonds. The van der Waals surface area contributed by atoms with E-state index >= 15 is 0 Å². The van der Waals surface area contributed by atoms with Gasteiger partial charge in [-0.1, -0.05) is 49.4 Å². The van der Waals surface area contributed by atoms with E-state index in [4.69, 9.17) is 4.74 Å². The lowest BCUT2D eigenvalue weighted by atomic mass is 10.0. The summed E-state index contributed by atoms with van der Waals surface area (Å²) in [6, 6.07) is 22.8. The van der Waals surface area contributed by atoms with Crippen molar-refractivity contribution in [3.8, 4) is 16.9 Å². The van der Waals surface area contributed by atoms with Crippen molar-refractivity contribution in [2.24, 2.45) is 0 Å². The Balaban J connectivity index is 1.64. The van der Waals surface area contributed by atoms with E-state index in [1.165, 1.54) is 12.1 Å². The Labute approximate surface area is 185 Å². The number of anilines is 1. The number of carbonyl (C=O) groups is 1. The van der Waals surface area contributed by atoms with Crippen LogP contribution < -0.4 is 15.6 Å². The lowest BCUT2D eigenvalue weighted by molar-refractivity contribution is -0.118. The molecule has 5 nitrogen and oxygen atoms in total. The molecular formula is C26H23FN2O3. The van der Waals surface area contributed by atoms with E-state index in [2.05, 4.69) is 5.32 Å². The Kier molecular flexibility index (Phi) is 6.31. The number of ether oxygens (including phenoxy) is 1. The molecule has 4 aromatic rings. The van der Waals surface area contributed by atoms with Gasteiger partial charge in [0.05, 0.1) is 11.2 Å². The van der Waals surface area contributed by atoms with Crippen molar-refractivity contribution in [2.75, 3.05) is 11.9 Å². The number of carbonyl (C=O) groups excluding carboxylic acids is 1. The Hall–Kier alpha value is -3.93. The predicted molar refractivity (Wildman–Crippen MR) is 124 cm³/mol. The molecule has 0 aliphatic heterocycles. The molecule has 0 unspecified atom stereocenters. The number of pyridine rings is 1. The Morgan fingerprint density at radius 2 is 1.75 bits per heavy atom. The Bertz CT molecular complexity index is 1320. The number of halogens is 1. The van der Waals surface area contributed by atoms with Gasteiger partial charge < -0.3 is 14.6 Å². The van der Waals surface area contributed by atoms with Crippen molar-refractivity contribution in [3.05, 3.63) is 95.0 Å². The van der Waals surface area contributed by atoms with Crippen LogP contribution in [0.1, 0.15) is 13.3 Å². The highest BCUT2D eigenvalue weighted by Crippen LogP contribution is 2.30. The number of nitrogens with zero attached hydrogens (tertiary/aromatic N) is 1. The largest absolute Gasteiger partial charge is 0.484 e. The van der Waals surface area contributed by atoms with Gasteiger partial charge in [-0.05, 0) is 41.8 Å². The average molecular weight is 430 g/mol. The number of aromatic nitrogens is 1. The zero-order valence-electron chi connectivity index (χ0n) is 17.7. The average Bonchev–Trinajstić information content (AvgIpc) is 2.81. The first kappa shape index (κ1) is 21.3. The van der Waals surface area contributed by atoms with Crippen molar-refractivity contribution in [2.45, 2.75) is 19.9 Å². The maximum Gasteiger partial charge on any atom is 0.262 e. The van der Waals surface area contributed by atoms with Crippen LogP contribution >= 0.6 is 0 Å². The highest BCUT2D eigenvalue weighted by atomic mass is 19.1. The number of amides is 1. The third kappa shape index (κ3) is 4.54. The molecule has 1 aromatic heterocycles. The summed E-state index contributed by atoms with van der Waals surface area (Å²) in [5.41, 5.74) is 2.56. The van der Waals surface area contributed by atoms with Crippen LogP contribution in [0.25, 0.3) is 22.0 Å². The minimum atomic E-state index is -0.511. The zero-order valence-corrected chi connectivity index (χ0v) is 17.7. The molecule has 162 valence electrons. The number of nitrogens with one attached hydrogen (secondary N) is 1. The molecule has 0 aliphatic rings. The van der Waals surface area contributed by atoms with E-state index in [-0.39, 0.29) is 17.9 Å². The number of hydrogen-bond acceptors (Lipinski definition) is 3.